The maximum absolute atomic E-state index is 12.2. The fraction of sp³-hybridized carbons (Fsp3) is 0.923. The molecule has 94 valence electrons. The van der Waals surface area contributed by atoms with Gasteiger partial charge in [0.2, 0.25) is 5.91 Å². The number of hydrogen-bond acceptors (Lipinski definition) is 2. The average molecular weight is 226 g/mol. The molecule has 0 aromatic rings. The molecule has 1 rings (SSSR count). The zero-order valence-electron chi connectivity index (χ0n) is 10.7. The van der Waals surface area contributed by atoms with E-state index in [1.165, 1.54) is 12.8 Å². The highest BCUT2D eigenvalue weighted by atomic mass is 16.2. The van der Waals surface area contributed by atoms with Crippen molar-refractivity contribution in [2.75, 3.05) is 20.1 Å². The molecule has 0 bridgehead atoms. The van der Waals surface area contributed by atoms with Gasteiger partial charge in [-0.25, -0.2) is 0 Å². The molecule has 3 nitrogen and oxygen atoms in total. The smallest absolute Gasteiger partial charge is 0.225 e. The van der Waals surface area contributed by atoms with Crippen LogP contribution in [-0.2, 0) is 4.79 Å². The maximum Gasteiger partial charge on any atom is 0.225 e. The van der Waals surface area contributed by atoms with Gasteiger partial charge in [0.05, 0.1) is 0 Å². The van der Waals surface area contributed by atoms with E-state index in [0.29, 0.717) is 18.4 Å². The molecule has 0 spiro atoms. The van der Waals surface area contributed by atoms with Crippen LogP contribution in [0.2, 0.25) is 0 Å². The zero-order chi connectivity index (χ0) is 12.0. The third kappa shape index (κ3) is 3.48. The lowest BCUT2D eigenvalue weighted by molar-refractivity contribution is -0.137. The molecule has 2 N–H and O–H groups in total. The number of nitrogens with two attached hydrogens (primary N) is 1. The topological polar surface area (TPSA) is 46.3 Å². The van der Waals surface area contributed by atoms with Gasteiger partial charge in [-0.2, -0.15) is 0 Å². The molecule has 16 heavy (non-hydrogen) atoms. The van der Waals surface area contributed by atoms with Crippen LogP contribution in [0.3, 0.4) is 0 Å². The van der Waals surface area contributed by atoms with Gasteiger partial charge in [0.15, 0.2) is 0 Å². The number of unbranched alkanes of at least 4 members (excludes halogenated alkanes) is 1. The standard InChI is InChI=1S/C13H26N2O/c1-3-4-9-15(2)13(16)12-8-6-5-7-11(12)10-14/h11-12H,3-10,14H2,1-2H3. The van der Waals surface area contributed by atoms with Crippen molar-refractivity contribution < 1.29 is 4.79 Å². The number of hydrogen-bond donors (Lipinski definition) is 1. The van der Waals surface area contributed by atoms with E-state index in [1.54, 1.807) is 0 Å². The van der Waals surface area contributed by atoms with Crippen molar-refractivity contribution in [3.8, 4) is 0 Å². The van der Waals surface area contributed by atoms with Crippen LogP contribution in [0.4, 0.5) is 0 Å². The highest BCUT2D eigenvalue weighted by molar-refractivity contribution is 5.79. The molecule has 0 radical (unpaired) electrons. The van der Waals surface area contributed by atoms with Crippen LogP contribution in [0.25, 0.3) is 0 Å². The Bertz CT molecular complexity index is 218. The number of carbonyl (C=O) groups is 1. The number of amides is 1. The van der Waals surface area contributed by atoms with E-state index in [2.05, 4.69) is 6.92 Å². The summed E-state index contributed by atoms with van der Waals surface area (Å²) < 4.78 is 0. The van der Waals surface area contributed by atoms with Gasteiger partial charge >= 0.3 is 0 Å². The van der Waals surface area contributed by atoms with E-state index in [-0.39, 0.29) is 5.92 Å². The first-order valence-corrected chi connectivity index (χ1v) is 6.65. The van der Waals surface area contributed by atoms with E-state index in [1.807, 2.05) is 11.9 Å². The van der Waals surface area contributed by atoms with Crippen molar-refractivity contribution in [3.05, 3.63) is 0 Å². The van der Waals surface area contributed by atoms with Crippen LogP contribution >= 0.6 is 0 Å². The van der Waals surface area contributed by atoms with Gasteiger partial charge in [-0.05, 0) is 31.7 Å². The molecule has 3 heteroatoms. The Balaban J connectivity index is 2.49. The first-order chi connectivity index (χ1) is 7.70. The first-order valence-electron chi connectivity index (χ1n) is 6.65. The number of nitrogens with zero attached hydrogens (tertiary/aromatic N) is 1. The number of carbonyl (C=O) groups excluding carboxylic acids is 1. The fourth-order valence-corrected chi connectivity index (χ4v) is 2.60. The molecule has 1 fully saturated rings. The summed E-state index contributed by atoms with van der Waals surface area (Å²) in [5, 5.41) is 0. The van der Waals surface area contributed by atoms with Crippen molar-refractivity contribution >= 4 is 5.91 Å². The van der Waals surface area contributed by atoms with Crippen LogP contribution in [0.5, 0.6) is 0 Å². The minimum atomic E-state index is 0.195. The predicted molar refractivity (Wildman–Crippen MR) is 67.0 cm³/mol. The second-order valence-corrected chi connectivity index (χ2v) is 5.00. The molecular formula is C13H26N2O. The molecule has 0 aromatic carbocycles. The van der Waals surface area contributed by atoms with E-state index < -0.39 is 0 Å². The average Bonchev–Trinajstić information content (AvgIpc) is 2.34. The summed E-state index contributed by atoms with van der Waals surface area (Å²) in [5.74, 6) is 0.939. The van der Waals surface area contributed by atoms with E-state index in [9.17, 15) is 4.79 Å². The molecule has 2 atom stereocenters. The third-order valence-corrected chi connectivity index (χ3v) is 3.75. The van der Waals surface area contributed by atoms with Gasteiger partial charge in [-0.15, -0.1) is 0 Å². The lowest BCUT2D eigenvalue weighted by Gasteiger charge is -2.32. The molecule has 1 aliphatic rings. The van der Waals surface area contributed by atoms with E-state index in [4.69, 9.17) is 5.73 Å². The first kappa shape index (κ1) is 13.5. The zero-order valence-corrected chi connectivity index (χ0v) is 10.7. The van der Waals surface area contributed by atoms with Crippen LogP contribution in [-0.4, -0.2) is 30.9 Å². The third-order valence-electron chi connectivity index (χ3n) is 3.75. The highest BCUT2D eigenvalue weighted by Gasteiger charge is 2.31. The Morgan fingerprint density at radius 1 is 1.38 bits per heavy atom. The quantitative estimate of drug-likeness (QED) is 0.779. The van der Waals surface area contributed by atoms with Gasteiger partial charge in [-0.3, -0.25) is 4.79 Å². The molecule has 0 heterocycles. The molecule has 0 aliphatic heterocycles. The largest absolute Gasteiger partial charge is 0.346 e. The highest BCUT2D eigenvalue weighted by Crippen LogP contribution is 2.30. The van der Waals surface area contributed by atoms with Crippen molar-refractivity contribution in [2.45, 2.75) is 45.4 Å². The minimum absolute atomic E-state index is 0.195. The molecule has 1 aliphatic carbocycles. The van der Waals surface area contributed by atoms with Gasteiger partial charge < -0.3 is 10.6 Å². The van der Waals surface area contributed by atoms with Crippen molar-refractivity contribution in [1.29, 1.82) is 0 Å². The van der Waals surface area contributed by atoms with Gasteiger partial charge in [0.1, 0.15) is 0 Å². The van der Waals surface area contributed by atoms with Gasteiger partial charge in [-0.1, -0.05) is 26.2 Å². The summed E-state index contributed by atoms with van der Waals surface area (Å²) >= 11 is 0. The Morgan fingerprint density at radius 2 is 2.06 bits per heavy atom. The van der Waals surface area contributed by atoms with E-state index in [0.717, 1.165) is 32.2 Å². The Kier molecular flexibility index (Phi) is 5.81. The molecular weight excluding hydrogens is 200 g/mol. The molecule has 0 aromatic heterocycles. The summed E-state index contributed by atoms with van der Waals surface area (Å²) in [6.07, 6.45) is 6.84. The fourth-order valence-electron chi connectivity index (χ4n) is 2.60. The van der Waals surface area contributed by atoms with Crippen LogP contribution in [0, 0.1) is 11.8 Å². The van der Waals surface area contributed by atoms with E-state index >= 15 is 0 Å². The minimum Gasteiger partial charge on any atom is -0.346 e. The predicted octanol–water partition coefficient (Wildman–Crippen LogP) is 2.01. The summed E-state index contributed by atoms with van der Waals surface area (Å²) in [4.78, 5) is 14.1. The molecule has 2 unspecified atom stereocenters. The second-order valence-electron chi connectivity index (χ2n) is 5.00. The van der Waals surface area contributed by atoms with Gasteiger partial charge in [0.25, 0.3) is 0 Å². The van der Waals surface area contributed by atoms with Crippen LogP contribution in [0.15, 0.2) is 0 Å². The van der Waals surface area contributed by atoms with Crippen molar-refractivity contribution in [1.82, 2.24) is 4.90 Å². The SMILES string of the molecule is CCCCN(C)C(=O)C1CCCCC1CN. The molecule has 0 saturated heterocycles. The van der Waals surface area contributed by atoms with Crippen LogP contribution < -0.4 is 5.73 Å². The summed E-state index contributed by atoms with van der Waals surface area (Å²) in [6, 6.07) is 0. The Hall–Kier alpha value is -0.570. The monoisotopic (exact) mass is 226 g/mol. The van der Waals surface area contributed by atoms with Crippen molar-refractivity contribution in [2.24, 2.45) is 17.6 Å². The summed E-state index contributed by atoms with van der Waals surface area (Å²) in [6.45, 7) is 3.71. The van der Waals surface area contributed by atoms with Crippen molar-refractivity contribution in [3.63, 3.8) is 0 Å². The Morgan fingerprint density at radius 3 is 2.69 bits per heavy atom. The lowest BCUT2D eigenvalue weighted by Crippen LogP contribution is -2.40. The number of rotatable bonds is 5. The normalized spacial score (nSPS) is 25.4. The maximum atomic E-state index is 12.2. The molecule has 1 saturated carbocycles. The summed E-state index contributed by atoms with van der Waals surface area (Å²) in [7, 11) is 1.93. The molecule has 1 amide bonds. The Labute approximate surface area is 99.4 Å². The summed E-state index contributed by atoms with van der Waals surface area (Å²) in [5.41, 5.74) is 5.76. The lowest BCUT2D eigenvalue weighted by atomic mass is 9.78. The van der Waals surface area contributed by atoms with Gasteiger partial charge in [0, 0.05) is 19.5 Å². The second kappa shape index (κ2) is 6.89. The van der Waals surface area contributed by atoms with Crippen LogP contribution in [0.1, 0.15) is 45.4 Å².